The van der Waals surface area contributed by atoms with E-state index in [1.807, 2.05) is 24.3 Å². The normalized spacial score (nSPS) is 12.2. The van der Waals surface area contributed by atoms with E-state index in [0.29, 0.717) is 6.61 Å². The largest absolute Gasteiger partial charge is 0.494 e. The van der Waals surface area contributed by atoms with E-state index >= 15 is 0 Å². The lowest BCUT2D eigenvalue weighted by atomic mass is 9.92. The maximum Gasteiger partial charge on any atom is 0.119 e. The van der Waals surface area contributed by atoms with Crippen molar-refractivity contribution in [3.05, 3.63) is 64.2 Å². The Balaban J connectivity index is 2.34. The van der Waals surface area contributed by atoms with Crippen LogP contribution >= 0.6 is 0 Å². The van der Waals surface area contributed by atoms with E-state index in [2.05, 4.69) is 39.8 Å². The molecular formula is C19H24O2. The predicted molar refractivity (Wildman–Crippen MR) is 86.9 cm³/mol. The van der Waals surface area contributed by atoms with Gasteiger partial charge in [-0.2, -0.15) is 0 Å². The van der Waals surface area contributed by atoms with E-state index in [-0.39, 0.29) is 0 Å². The van der Waals surface area contributed by atoms with Crippen LogP contribution in [0.1, 0.15) is 47.3 Å². The smallest absolute Gasteiger partial charge is 0.119 e. The maximum absolute atomic E-state index is 10.7. The standard InChI is InChI=1S/C19H24O2/c1-5-9-21-17-8-6-7-16(12-17)19(20)18-14(3)10-13(2)11-15(18)4/h6-8,10-12,19-20H,5,9H2,1-4H3. The Hall–Kier alpha value is -1.80. The van der Waals surface area contributed by atoms with Crippen LogP contribution in [0.2, 0.25) is 0 Å². The third-order valence-corrected chi connectivity index (χ3v) is 3.66. The first-order valence-corrected chi connectivity index (χ1v) is 7.51. The van der Waals surface area contributed by atoms with Crippen molar-refractivity contribution in [2.24, 2.45) is 0 Å². The summed E-state index contributed by atoms with van der Waals surface area (Å²) in [6.45, 7) is 8.96. The van der Waals surface area contributed by atoms with Crippen molar-refractivity contribution in [2.45, 2.75) is 40.2 Å². The fourth-order valence-corrected chi connectivity index (χ4v) is 2.78. The second kappa shape index (κ2) is 6.77. The molecule has 0 radical (unpaired) electrons. The van der Waals surface area contributed by atoms with E-state index < -0.39 is 6.10 Å². The fraction of sp³-hybridized carbons (Fsp3) is 0.368. The molecule has 2 aromatic rings. The molecule has 0 spiro atoms. The van der Waals surface area contributed by atoms with Crippen molar-refractivity contribution >= 4 is 0 Å². The first-order valence-electron chi connectivity index (χ1n) is 7.51. The molecule has 1 N–H and O–H groups in total. The summed E-state index contributed by atoms with van der Waals surface area (Å²) >= 11 is 0. The molecule has 1 atom stereocenters. The molecule has 0 fully saturated rings. The van der Waals surface area contributed by atoms with Crippen LogP contribution in [0.15, 0.2) is 36.4 Å². The van der Waals surface area contributed by atoms with E-state index in [9.17, 15) is 5.11 Å². The van der Waals surface area contributed by atoms with E-state index in [4.69, 9.17) is 4.74 Å². The zero-order chi connectivity index (χ0) is 15.4. The van der Waals surface area contributed by atoms with Crippen LogP contribution in [0, 0.1) is 20.8 Å². The molecule has 1 unspecified atom stereocenters. The third-order valence-electron chi connectivity index (χ3n) is 3.66. The van der Waals surface area contributed by atoms with Crippen molar-refractivity contribution in [3.8, 4) is 5.75 Å². The highest BCUT2D eigenvalue weighted by atomic mass is 16.5. The monoisotopic (exact) mass is 284 g/mol. The average molecular weight is 284 g/mol. The molecule has 2 rings (SSSR count). The highest BCUT2D eigenvalue weighted by Gasteiger charge is 2.16. The highest BCUT2D eigenvalue weighted by Crippen LogP contribution is 2.30. The Morgan fingerprint density at radius 2 is 1.71 bits per heavy atom. The Kier molecular flexibility index (Phi) is 5.03. The van der Waals surface area contributed by atoms with Crippen LogP contribution in [0.25, 0.3) is 0 Å². The zero-order valence-corrected chi connectivity index (χ0v) is 13.3. The summed E-state index contributed by atoms with van der Waals surface area (Å²) in [6.07, 6.45) is 0.360. The summed E-state index contributed by atoms with van der Waals surface area (Å²) in [5.41, 5.74) is 5.34. The van der Waals surface area contributed by atoms with Crippen LogP contribution in [-0.2, 0) is 0 Å². The second-order valence-electron chi connectivity index (χ2n) is 5.64. The summed E-state index contributed by atoms with van der Waals surface area (Å²) < 4.78 is 5.65. The zero-order valence-electron chi connectivity index (χ0n) is 13.3. The Bertz CT molecular complexity index is 594. The molecule has 2 heteroatoms. The number of benzene rings is 2. The van der Waals surface area contributed by atoms with Crippen molar-refractivity contribution in [2.75, 3.05) is 6.61 Å². The topological polar surface area (TPSA) is 29.5 Å². The first-order chi connectivity index (χ1) is 10.0. The summed E-state index contributed by atoms with van der Waals surface area (Å²) in [5.74, 6) is 0.816. The molecular weight excluding hydrogens is 260 g/mol. The molecule has 0 aliphatic carbocycles. The van der Waals surface area contributed by atoms with Gasteiger partial charge in [-0.05, 0) is 61.6 Å². The lowest BCUT2D eigenvalue weighted by Crippen LogP contribution is -2.06. The van der Waals surface area contributed by atoms with Crippen LogP contribution in [0.4, 0.5) is 0 Å². The molecule has 2 aromatic carbocycles. The van der Waals surface area contributed by atoms with Gasteiger partial charge in [0.05, 0.1) is 6.61 Å². The van der Waals surface area contributed by atoms with Crippen LogP contribution < -0.4 is 4.74 Å². The SMILES string of the molecule is CCCOc1cccc(C(O)c2c(C)cc(C)cc2C)c1. The van der Waals surface area contributed by atoms with Crippen LogP contribution in [-0.4, -0.2) is 11.7 Å². The molecule has 0 amide bonds. The number of ether oxygens (including phenoxy) is 1. The van der Waals surface area contributed by atoms with E-state index in [1.54, 1.807) is 0 Å². The van der Waals surface area contributed by atoms with Gasteiger partial charge in [0.2, 0.25) is 0 Å². The minimum atomic E-state index is -0.615. The third kappa shape index (κ3) is 3.64. The van der Waals surface area contributed by atoms with Gasteiger partial charge < -0.3 is 9.84 Å². The molecule has 21 heavy (non-hydrogen) atoms. The molecule has 0 bridgehead atoms. The van der Waals surface area contributed by atoms with Gasteiger partial charge in [0.1, 0.15) is 11.9 Å². The van der Waals surface area contributed by atoms with Crippen molar-refractivity contribution in [3.63, 3.8) is 0 Å². The number of aliphatic hydroxyl groups is 1. The van der Waals surface area contributed by atoms with Gasteiger partial charge in [-0.25, -0.2) is 0 Å². The molecule has 112 valence electrons. The quantitative estimate of drug-likeness (QED) is 0.877. The predicted octanol–water partition coefficient (Wildman–Crippen LogP) is 4.48. The molecule has 0 heterocycles. The van der Waals surface area contributed by atoms with Crippen LogP contribution in [0.3, 0.4) is 0 Å². The molecule has 0 aromatic heterocycles. The lowest BCUT2D eigenvalue weighted by Gasteiger charge is -2.18. The number of aryl methyl sites for hydroxylation is 3. The molecule has 0 saturated heterocycles. The Morgan fingerprint density at radius 1 is 1.05 bits per heavy atom. The minimum absolute atomic E-state index is 0.615. The molecule has 2 nitrogen and oxygen atoms in total. The average Bonchev–Trinajstić information content (AvgIpc) is 2.44. The summed E-state index contributed by atoms with van der Waals surface area (Å²) in [7, 11) is 0. The Labute approximate surface area is 127 Å². The van der Waals surface area contributed by atoms with Gasteiger partial charge in [-0.1, -0.05) is 36.8 Å². The van der Waals surface area contributed by atoms with Gasteiger partial charge in [0.25, 0.3) is 0 Å². The number of aliphatic hydroxyl groups excluding tert-OH is 1. The van der Waals surface area contributed by atoms with Crippen molar-refractivity contribution in [1.82, 2.24) is 0 Å². The van der Waals surface area contributed by atoms with E-state index in [1.165, 1.54) is 5.56 Å². The first kappa shape index (κ1) is 15.6. The lowest BCUT2D eigenvalue weighted by molar-refractivity contribution is 0.218. The second-order valence-corrected chi connectivity index (χ2v) is 5.64. The number of hydrogen-bond acceptors (Lipinski definition) is 2. The summed E-state index contributed by atoms with van der Waals surface area (Å²) in [4.78, 5) is 0. The van der Waals surface area contributed by atoms with Gasteiger partial charge in [0.15, 0.2) is 0 Å². The molecule has 0 saturated carbocycles. The number of rotatable bonds is 5. The van der Waals surface area contributed by atoms with Gasteiger partial charge in [-0.3, -0.25) is 0 Å². The van der Waals surface area contributed by atoms with Gasteiger partial charge in [0, 0.05) is 0 Å². The highest BCUT2D eigenvalue weighted by molar-refractivity contribution is 5.44. The van der Waals surface area contributed by atoms with Crippen molar-refractivity contribution < 1.29 is 9.84 Å². The van der Waals surface area contributed by atoms with Crippen LogP contribution in [0.5, 0.6) is 5.75 Å². The Morgan fingerprint density at radius 3 is 2.33 bits per heavy atom. The summed E-state index contributed by atoms with van der Waals surface area (Å²) in [6, 6.07) is 12.0. The minimum Gasteiger partial charge on any atom is -0.494 e. The number of hydrogen-bond donors (Lipinski definition) is 1. The maximum atomic E-state index is 10.7. The summed E-state index contributed by atoms with van der Waals surface area (Å²) in [5, 5.41) is 10.7. The molecule has 0 aliphatic rings. The van der Waals surface area contributed by atoms with Gasteiger partial charge >= 0.3 is 0 Å². The van der Waals surface area contributed by atoms with Crippen molar-refractivity contribution in [1.29, 1.82) is 0 Å². The fourth-order valence-electron chi connectivity index (χ4n) is 2.78. The van der Waals surface area contributed by atoms with Gasteiger partial charge in [-0.15, -0.1) is 0 Å². The van der Waals surface area contributed by atoms with E-state index in [0.717, 1.165) is 34.4 Å². The molecule has 0 aliphatic heterocycles.